The minimum absolute atomic E-state index is 0.177. The first-order valence-electron chi connectivity index (χ1n) is 8.22. The number of hydrogen-bond donors (Lipinski definition) is 1. The third-order valence-corrected chi connectivity index (χ3v) is 4.90. The summed E-state index contributed by atoms with van der Waals surface area (Å²) in [4.78, 5) is 13.1. The molecule has 0 aliphatic carbocycles. The average molecular weight is 408 g/mol. The zero-order valence-electron chi connectivity index (χ0n) is 15.5. The highest BCUT2D eigenvalue weighted by atomic mass is 35.5. The second-order valence-corrected chi connectivity index (χ2v) is 6.96. The van der Waals surface area contributed by atoms with Crippen molar-refractivity contribution >= 4 is 35.3 Å². The Morgan fingerprint density at radius 2 is 1.74 bits per heavy atom. The normalized spacial score (nSPS) is 10.7. The molecule has 0 aromatic heterocycles. The van der Waals surface area contributed by atoms with Crippen molar-refractivity contribution in [1.29, 1.82) is 0 Å². The van der Waals surface area contributed by atoms with Gasteiger partial charge in [-0.1, -0.05) is 11.6 Å². The van der Waals surface area contributed by atoms with E-state index in [0.717, 1.165) is 16.2 Å². The van der Waals surface area contributed by atoms with E-state index in [1.807, 2.05) is 24.3 Å². The Hall–Kier alpha value is -2.31. The number of nitrogens with one attached hydrogen (secondary N) is 1. The Kier molecular flexibility index (Phi) is 8.36. The Labute approximate surface area is 168 Å². The van der Waals surface area contributed by atoms with E-state index < -0.39 is 0 Å². The van der Waals surface area contributed by atoms with Gasteiger partial charge in [-0.15, -0.1) is 11.8 Å². The van der Waals surface area contributed by atoms with Gasteiger partial charge in [0.15, 0.2) is 11.5 Å². The van der Waals surface area contributed by atoms with E-state index in [-0.39, 0.29) is 5.91 Å². The van der Waals surface area contributed by atoms with Gasteiger partial charge >= 0.3 is 0 Å². The van der Waals surface area contributed by atoms with Crippen molar-refractivity contribution in [2.24, 2.45) is 0 Å². The van der Waals surface area contributed by atoms with E-state index in [1.54, 1.807) is 51.3 Å². The molecule has 0 spiro atoms. The number of hydrogen-bond acceptors (Lipinski definition) is 5. The fourth-order valence-electron chi connectivity index (χ4n) is 2.35. The number of amides is 1. The summed E-state index contributed by atoms with van der Waals surface area (Å²) < 4.78 is 16.0. The van der Waals surface area contributed by atoms with Crippen LogP contribution in [0.15, 0.2) is 47.4 Å². The molecule has 0 fully saturated rings. The molecule has 5 nitrogen and oxygen atoms in total. The van der Waals surface area contributed by atoms with Crippen LogP contribution in [0.1, 0.15) is 5.56 Å². The molecule has 2 rings (SSSR count). The third-order valence-electron chi connectivity index (χ3n) is 3.63. The van der Waals surface area contributed by atoms with Gasteiger partial charge in [0.2, 0.25) is 11.7 Å². The second kappa shape index (κ2) is 10.7. The summed E-state index contributed by atoms with van der Waals surface area (Å²) in [7, 11) is 4.64. The van der Waals surface area contributed by atoms with Gasteiger partial charge in [-0.25, -0.2) is 0 Å². The lowest BCUT2D eigenvalue weighted by molar-refractivity contribution is -0.116. The number of benzene rings is 2. The monoisotopic (exact) mass is 407 g/mol. The highest BCUT2D eigenvalue weighted by Crippen LogP contribution is 2.40. The largest absolute Gasteiger partial charge is 0.493 e. The Balaban J connectivity index is 1.89. The SMILES string of the molecule is COc1ccc(/C=C/C(=O)NCCSc2ccc(Cl)cc2)c(OC)c1OC. The smallest absolute Gasteiger partial charge is 0.244 e. The van der Waals surface area contributed by atoms with E-state index >= 15 is 0 Å². The fraction of sp³-hybridized carbons (Fsp3) is 0.250. The van der Waals surface area contributed by atoms with Crippen molar-refractivity contribution in [1.82, 2.24) is 5.32 Å². The molecule has 27 heavy (non-hydrogen) atoms. The molecule has 0 radical (unpaired) electrons. The van der Waals surface area contributed by atoms with Gasteiger partial charge in [0.25, 0.3) is 0 Å². The molecular formula is C20H22ClNO4S. The molecule has 7 heteroatoms. The van der Waals surface area contributed by atoms with Gasteiger partial charge in [0.1, 0.15) is 0 Å². The second-order valence-electron chi connectivity index (χ2n) is 5.35. The molecule has 0 saturated heterocycles. The number of halogens is 1. The Morgan fingerprint density at radius 3 is 2.37 bits per heavy atom. The quantitative estimate of drug-likeness (QED) is 0.382. The predicted octanol–water partition coefficient (Wildman–Crippen LogP) is 4.29. The number of methoxy groups -OCH3 is 3. The van der Waals surface area contributed by atoms with Gasteiger partial charge < -0.3 is 19.5 Å². The van der Waals surface area contributed by atoms with Crippen LogP contribution in [0.3, 0.4) is 0 Å². The van der Waals surface area contributed by atoms with Crippen LogP contribution in [0.5, 0.6) is 17.2 Å². The number of rotatable bonds is 9. The van der Waals surface area contributed by atoms with Crippen LogP contribution in [0.25, 0.3) is 6.08 Å². The highest BCUT2D eigenvalue weighted by Gasteiger charge is 2.14. The highest BCUT2D eigenvalue weighted by molar-refractivity contribution is 7.99. The van der Waals surface area contributed by atoms with Crippen LogP contribution < -0.4 is 19.5 Å². The first-order chi connectivity index (χ1) is 13.1. The summed E-state index contributed by atoms with van der Waals surface area (Å²) in [5.41, 5.74) is 0.723. The first kappa shape index (κ1) is 21.0. The molecule has 1 amide bonds. The lowest BCUT2D eigenvalue weighted by Gasteiger charge is -2.13. The maximum Gasteiger partial charge on any atom is 0.244 e. The third kappa shape index (κ3) is 6.12. The summed E-state index contributed by atoms with van der Waals surface area (Å²) in [5.74, 6) is 2.15. The van der Waals surface area contributed by atoms with Crippen molar-refractivity contribution in [2.45, 2.75) is 4.90 Å². The summed E-state index contributed by atoms with van der Waals surface area (Å²) in [6.07, 6.45) is 3.15. The minimum atomic E-state index is -0.177. The standard InChI is InChI=1S/C20H22ClNO4S/c1-24-17-10-4-14(19(25-2)20(17)26-3)5-11-18(23)22-12-13-27-16-8-6-15(21)7-9-16/h4-11H,12-13H2,1-3H3,(H,22,23)/b11-5+. The number of thioether (sulfide) groups is 1. The van der Waals surface area contributed by atoms with E-state index in [9.17, 15) is 4.79 Å². The molecule has 0 aliphatic rings. The van der Waals surface area contributed by atoms with Crippen molar-refractivity contribution in [3.63, 3.8) is 0 Å². The molecule has 0 atom stereocenters. The van der Waals surface area contributed by atoms with Crippen molar-refractivity contribution < 1.29 is 19.0 Å². The van der Waals surface area contributed by atoms with Crippen LogP contribution in [0.2, 0.25) is 5.02 Å². The summed E-state index contributed by atoms with van der Waals surface area (Å²) in [6.45, 7) is 0.555. The molecule has 0 saturated carbocycles. The van der Waals surface area contributed by atoms with Crippen molar-refractivity contribution in [3.05, 3.63) is 53.1 Å². The van der Waals surface area contributed by atoms with Crippen LogP contribution in [0.4, 0.5) is 0 Å². The first-order valence-corrected chi connectivity index (χ1v) is 9.58. The van der Waals surface area contributed by atoms with Crippen LogP contribution in [-0.4, -0.2) is 39.5 Å². The molecule has 144 valence electrons. The average Bonchev–Trinajstić information content (AvgIpc) is 2.69. The molecule has 0 bridgehead atoms. The van der Waals surface area contributed by atoms with Crippen LogP contribution in [-0.2, 0) is 4.79 Å². The van der Waals surface area contributed by atoms with Gasteiger partial charge in [-0.2, -0.15) is 0 Å². The Morgan fingerprint density at radius 1 is 1.04 bits per heavy atom. The molecule has 2 aromatic carbocycles. The number of carbonyl (C=O) groups is 1. The van der Waals surface area contributed by atoms with Crippen molar-refractivity contribution in [3.8, 4) is 17.2 Å². The lowest BCUT2D eigenvalue weighted by atomic mass is 10.1. The minimum Gasteiger partial charge on any atom is -0.493 e. The Bertz CT molecular complexity index is 793. The molecule has 0 unspecified atom stereocenters. The zero-order chi connectivity index (χ0) is 19.6. The van der Waals surface area contributed by atoms with E-state index in [0.29, 0.717) is 28.8 Å². The number of carbonyl (C=O) groups excluding carboxylic acids is 1. The van der Waals surface area contributed by atoms with Crippen molar-refractivity contribution in [2.75, 3.05) is 33.6 Å². The fourth-order valence-corrected chi connectivity index (χ4v) is 3.25. The van der Waals surface area contributed by atoms with Gasteiger partial charge in [-0.3, -0.25) is 4.79 Å². The summed E-state index contributed by atoms with van der Waals surface area (Å²) >= 11 is 7.51. The van der Waals surface area contributed by atoms with E-state index in [1.165, 1.54) is 6.08 Å². The summed E-state index contributed by atoms with van der Waals surface area (Å²) in [5, 5.41) is 3.57. The molecule has 1 N–H and O–H groups in total. The summed E-state index contributed by atoms with van der Waals surface area (Å²) in [6, 6.07) is 11.2. The zero-order valence-corrected chi connectivity index (χ0v) is 17.0. The molecular weight excluding hydrogens is 386 g/mol. The topological polar surface area (TPSA) is 56.8 Å². The number of ether oxygens (including phenoxy) is 3. The van der Waals surface area contributed by atoms with E-state index in [4.69, 9.17) is 25.8 Å². The maximum atomic E-state index is 12.0. The van der Waals surface area contributed by atoms with Crippen LogP contribution >= 0.6 is 23.4 Å². The molecule has 2 aromatic rings. The molecule has 0 aliphatic heterocycles. The molecule has 0 heterocycles. The predicted molar refractivity (Wildman–Crippen MR) is 110 cm³/mol. The van der Waals surface area contributed by atoms with Crippen LogP contribution in [0, 0.1) is 0 Å². The van der Waals surface area contributed by atoms with Gasteiger partial charge in [-0.05, 0) is 42.5 Å². The van der Waals surface area contributed by atoms with Gasteiger partial charge in [0.05, 0.1) is 21.3 Å². The van der Waals surface area contributed by atoms with E-state index in [2.05, 4.69) is 5.32 Å². The maximum absolute atomic E-state index is 12.0. The van der Waals surface area contributed by atoms with Gasteiger partial charge in [0, 0.05) is 33.9 Å². The lowest BCUT2D eigenvalue weighted by Crippen LogP contribution is -2.23.